The van der Waals surface area contributed by atoms with Gasteiger partial charge in [0.25, 0.3) is 5.91 Å². The van der Waals surface area contributed by atoms with Crippen molar-refractivity contribution in [1.29, 1.82) is 0 Å². The SMILES string of the molecule is CCc1cccc(C)c1NC(=O)c1c(-c2ccco2)n(-c2cccc(C)c2)c(C)cc1=O. The van der Waals surface area contributed by atoms with Gasteiger partial charge >= 0.3 is 0 Å². The average molecular weight is 427 g/mol. The van der Waals surface area contributed by atoms with Gasteiger partial charge in [0.15, 0.2) is 11.2 Å². The van der Waals surface area contributed by atoms with Gasteiger partial charge in [0.2, 0.25) is 0 Å². The number of anilines is 1. The minimum absolute atomic E-state index is 0.0531. The highest BCUT2D eigenvalue weighted by Gasteiger charge is 2.25. The Bertz CT molecular complexity index is 1350. The summed E-state index contributed by atoms with van der Waals surface area (Å²) in [6.07, 6.45) is 2.31. The molecular formula is C27H26N2O3. The Kier molecular flexibility index (Phi) is 5.82. The molecule has 1 N–H and O–H groups in total. The van der Waals surface area contributed by atoms with E-state index < -0.39 is 5.91 Å². The largest absolute Gasteiger partial charge is 0.463 e. The summed E-state index contributed by atoms with van der Waals surface area (Å²) >= 11 is 0. The Balaban J connectivity index is 1.96. The molecule has 0 aliphatic heterocycles. The van der Waals surface area contributed by atoms with Gasteiger partial charge in [-0.1, -0.05) is 37.3 Å². The molecule has 1 amide bonds. The van der Waals surface area contributed by atoms with Crippen LogP contribution in [-0.4, -0.2) is 10.5 Å². The molecule has 5 heteroatoms. The van der Waals surface area contributed by atoms with E-state index in [1.807, 2.05) is 74.7 Å². The minimum Gasteiger partial charge on any atom is -0.463 e. The van der Waals surface area contributed by atoms with Crippen LogP contribution in [-0.2, 0) is 6.42 Å². The van der Waals surface area contributed by atoms with E-state index in [2.05, 4.69) is 5.32 Å². The van der Waals surface area contributed by atoms with Crippen molar-refractivity contribution in [1.82, 2.24) is 4.57 Å². The zero-order chi connectivity index (χ0) is 22.8. The molecule has 0 bridgehead atoms. The van der Waals surface area contributed by atoms with Crippen molar-refractivity contribution in [3.05, 3.63) is 105 Å². The van der Waals surface area contributed by atoms with Gasteiger partial charge in [-0.3, -0.25) is 9.59 Å². The van der Waals surface area contributed by atoms with Crippen LogP contribution in [0.25, 0.3) is 17.1 Å². The number of aromatic nitrogens is 1. The molecule has 0 radical (unpaired) electrons. The van der Waals surface area contributed by atoms with Gasteiger partial charge in [-0.05, 0) is 68.1 Å². The lowest BCUT2D eigenvalue weighted by atomic mass is 10.0. The third-order valence-electron chi connectivity index (χ3n) is 5.62. The molecule has 162 valence electrons. The van der Waals surface area contributed by atoms with E-state index in [1.165, 1.54) is 6.07 Å². The summed E-state index contributed by atoms with van der Waals surface area (Å²) in [6, 6.07) is 18.8. The number of hydrogen-bond donors (Lipinski definition) is 1. The first-order chi connectivity index (χ1) is 15.4. The highest BCUT2D eigenvalue weighted by atomic mass is 16.3. The van der Waals surface area contributed by atoms with Crippen LogP contribution in [0.1, 0.15) is 39.7 Å². The molecule has 4 rings (SSSR count). The second-order valence-electron chi connectivity index (χ2n) is 7.94. The molecule has 0 saturated heterocycles. The Morgan fingerprint density at radius 1 is 1.00 bits per heavy atom. The topological polar surface area (TPSA) is 64.2 Å². The molecule has 0 aliphatic carbocycles. The predicted octanol–water partition coefficient (Wildman–Crippen LogP) is 5.84. The van der Waals surface area contributed by atoms with E-state index >= 15 is 0 Å². The van der Waals surface area contributed by atoms with Crippen molar-refractivity contribution < 1.29 is 9.21 Å². The number of nitrogens with one attached hydrogen (secondary N) is 1. The summed E-state index contributed by atoms with van der Waals surface area (Å²) in [4.78, 5) is 26.7. The number of carbonyl (C=O) groups is 1. The first-order valence-corrected chi connectivity index (χ1v) is 10.7. The van der Waals surface area contributed by atoms with Gasteiger partial charge in [-0.25, -0.2) is 0 Å². The van der Waals surface area contributed by atoms with Crippen molar-refractivity contribution >= 4 is 11.6 Å². The number of para-hydroxylation sites is 1. The molecule has 2 heterocycles. The van der Waals surface area contributed by atoms with E-state index in [0.29, 0.717) is 17.1 Å². The number of nitrogens with zero attached hydrogens (tertiary/aromatic N) is 1. The van der Waals surface area contributed by atoms with Crippen LogP contribution in [0.5, 0.6) is 0 Å². The van der Waals surface area contributed by atoms with Crippen molar-refractivity contribution in [2.45, 2.75) is 34.1 Å². The normalized spacial score (nSPS) is 10.9. The van der Waals surface area contributed by atoms with E-state index in [9.17, 15) is 9.59 Å². The van der Waals surface area contributed by atoms with Crippen LogP contribution in [0.3, 0.4) is 0 Å². The predicted molar refractivity (Wildman–Crippen MR) is 128 cm³/mol. The van der Waals surface area contributed by atoms with Crippen LogP contribution in [0.4, 0.5) is 5.69 Å². The highest BCUT2D eigenvalue weighted by Crippen LogP contribution is 2.29. The number of aryl methyl sites for hydroxylation is 4. The van der Waals surface area contributed by atoms with Gasteiger partial charge in [-0.2, -0.15) is 0 Å². The molecule has 2 aromatic carbocycles. The maximum absolute atomic E-state index is 13.6. The summed E-state index contributed by atoms with van der Waals surface area (Å²) in [6.45, 7) is 7.85. The fourth-order valence-electron chi connectivity index (χ4n) is 4.08. The van der Waals surface area contributed by atoms with Crippen LogP contribution in [0.15, 0.2) is 76.1 Å². The fraction of sp³-hybridized carbons (Fsp3) is 0.185. The quantitative estimate of drug-likeness (QED) is 0.436. The third-order valence-corrected chi connectivity index (χ3v) is 5.62. The molecule has 0 atom stereocenters. The molecular weight excluding hydrogens is 400 g/mol. The van der Waals surface area contributed by atoms with Crippen molar-refractivity contribution in [3.8, 4) is 17.1 Å². The lowest BCUT2D eigenvalue weighted by Crippen LogP contribution is -2.26. The Labute approximate surface area is 187 Å². The van der Waals surface area contributed by atoms with E-state index in [-0.39, 0.29) is 11.0 Å². The summed E-state index contributed by atoms with van der Waals surface area (Å²) in [7, 11) is 0. The van der Waals surface area contributed by atoms with E-state index in [4.69, 9.17) is 4.42 Å². The summed E-state index contributed by atoms with van der Waals surface area (Å²) in [5.41, 5.74) is 5.50. The number of amides is 1. The van der Waals surface area contributed by atoms with Gasteiger partial charge < -0.3 is 14.3 Å². The summed E-state index contributed by atoms with van der Waals surface area (Å²) < 4.78 is 7.60. The fourth-order valence-corrected chi connectivity index (χ4v) is 4.08. The Hall–Kier alpha value is -3.86. The monoisotopic (exact) mass is 426 g/mol. The van der Waals surface area contributed by atoms with Crippen molar-refractivity contribution in [3.63, 3.8) is 0 Å². The van der Waals surface area contributed by atoms with E-state index in [1.54, 1.807) is 18.4 Å². The second-order valence-corrected chi connectivity index (χ2v) is 7.94. The molecule has 4 aromatic rings. The molecule has 0 fully saturated rings. The first-order valence-electron chi connectivity index (χ1n) is 10.7. The van der Waals surface area contributed by atoms with Crippen LogP contribution < -0.4 is 10.7 Å². The maximum atomic E-state index is 13.6. The van der Waals surface area contributed by atoms with Gasteiger partial charge in [0.05, 0.1) is 6.26 Å². The average Bonchev–Trinajstić information content (AvgIpc) is 3.29. The molecule has 0 unspecified atom stereocenters. The molecule has 5 nitrogen and oxygen atoms in total. The lowest BCUT2D eigenvalue weighted by Gasteiger charge is -2.20. The Morgan fingerprint density at radius 2 is 1.78 bits per heavy atom. The number of hydrogen-bond acceptors (Lipinski definition) is 3. The third kappa shape index (κ3) is 3.89. The first kappa shape index (κ1) is 21.4. The molecule has 0 saturated carbocycles. The van der Waals surface area contributed by atoms with Crippen LogP contribution in [0, 0.1) is 20.8 Å². The number of furan rings is 1. The second kappa shape index (κ2) is 8.71. The zero-order valence-electron chi connectivity index (χ0n) is 18.7. The van der Waals surface area contributed by atoms with Crippen LogP contribution >= 0.6 is 0 Å². The smallest absolute Gasteiger partial charge is 0.261 e. The Morgan fingerprint density at radius 3 is 2.47 bits per heavy atom. The van der Waals surface area contributed by atoms with Crippen molar-refractivity contribution in [2.24, 2.45) is 0 Å². The molecule has 0 spiro atoms. The highest BCUT2D eigenvalue weighted by molar-refractivity contribution is 6.08. The van der Waals surface area contributed by atoms with E-state index in [0.717, 1.165) is 34.5 Å². The lowest BCUT2D eigenvalue weighted by molar-refractivity contribution is 0.102. The van der Waals surface area contributed by atoms with Gasteiger partial charge in [0, 0.05) is 23.1 Å². The minimum atomic E-state index is -0.452. The molecule has 2 aromatic heterocycles. The van der Waals surface area contributed by atoms with Crippen LogP contribution in [0.2, 0.25) is 0 Å². The molecule has 32 heavy (non-hydrogen) atoms. The zero-order valence-corrected chi connectivity index (χ0v) is 18.7. The number of rotatable bonds is 5. The van der Waals surface area contributed by atoms with Gasteiger partial charge in [0.1, 0.15) is 11.3 Å². The summed E-state index contributed by atoms with van der Waals surface area (Å²) in [5.74, 6) is 0.00441. The standard InChI is InChI=1S/C27H26N2O3/c1-5-20-11-7-10-18(3)25(20)28-27(31)24-22(30)16-19(4)29(21-12-6-9-17(2)15-21)26(24)23-13-8-14-32-23/h6-16H,5H2,1-4H3,(H,28,31). The number of pyridine rings is 1. The summed E-state index contributed by atoms with van der Waals surface area (Å²) in [5, 5.41) is 3.00. The number of benzene rings is 2. The number of carbonyl (C=O) groups excluding carboxylic acids is 1. The van der Waals surface area contributed by atoms with Crippen molar-refractivity contribution in [2.75, 3.05) is 5.32 Å². The van der Waals surface area contributed by atoms with Gasteiger partial charge in [-0.15, -0.1) is 0 Å². The maximum Gasteiger partial charge on any atom is 0.261 e. The molecule has 0 aliphatic rings.